The van der Waals surface area contributed by atoms with Crippen molar-refractivity contribution in [3.8, 4) is 11.3 Å². The van der Waals surface area contributed by atoms with Crippen LogP contribution in [0.15, 0.2) is 36.4 Å². The second kappa shape index (κ2) is 7.95. The van der Waals surface area contributed by atoms with Gasteiger partial charge >= 0.3 is 0 Å². The lowest BCUT2D eigenvalue weighted by atomic mass is 10.1. The highest BCUT2D eigenvalue weighted by Crippen LogP contribution is 2.22. The zero-order valence-corrected chi connectivity index (χ0v) is 14.7. The SMILES string of the molecule is CCCCCNc1cc(-c2ccccc2)nc(NC(C)(C)C)n1. The van der Waals surface area contributed by atoms with Gasteiger partial charge in [-0.25, -0.2) is 4.98 Å². The average Bonchev–Trinajstić information content (AvgIpc) is 2.51. The third-order valence-corrected chi connectivity index (χ3v) is 3.37. The van der Waals surface area contributed by atoms with Crippen molar-refractivity contribution in [1.29, 1.82) is 0 Å². The molecule has 4 heteroatoms. The Morgan fingerprint density at radius 1 is 1.00 bits per heavy atom. The van der Waals surface area contributed by atoms with Crippen molar-refractivity contribution in [1.82, 2.24) is 9.97 Å². The summed E-state index contributed by atoms with van der Waals surface area (Å²) in [7, 11) is 0. The highest BCUT2D eigenvalue weighted by molar-refractivity contribution is 5.64. The molecule has 2 rings (SSSR count). The highest BCUT2D eigenvalue weighted by atomic mass is 15.2. The Kier molecular flexibility index (Phi) is 5.97. The van der Waals surface area contributed by atoms with Gasteiger partial charge in [-0.3, -0.25) is 0 Å². The van der Waals surface area contributed by atoms with Gasteiger partial charge in [-0.15, -0.1) is 0 Å². The molecule has 0 amide bonds. The van der Waals surface area contributed by atoms with E-state index in [1.807, 2.05) is 24.3 Å². The summed E-state index contributed by atoms with van der Waals surface area (Å²) in [4.78, 5) is 9.28. The van der Waals surface area contributed by atoms with E-state index in [1.54, 1.807) is 0 Å². The third kappa shape index (κ3) is 5.89. The van der Waals surface area contributed by atoms with E-state index in [1.165, 1.54) is 12.8 Å². The molecule has 1 aromatic carbocycles. The molecule has 1 aromatic heterocycles. The van der Waals surface area contributed by atoms with Crippen LogP contribution in [0.4, 0.5) is 11.8 Å². The lowest BCUT2D eigenvalue weighted by Gasteiger charge is -2.21. The number of nitrogens with one attached hydrogen (secondary N) is 2. The molecule has 0 spiro atoms. The first-order chi connectivity index (χ1) is 11.0. The van der Waals surface area contributed by atoms with Crippen LogP contribution in [0.2, 0.25) is 0 Å². The average molecular weight is 312 g/mol. The number of hydrogen-bond acceptors (Lipinski definition) is 4. The molecule has 0 unspecified atom stereocenters. The maximum absolute atomic E-state index is 4.67. The molecule has 0 radical (unpaired) electrons. The van der Waals surface area contributed by atoms with Crippen LogP contribution in [0.1, 0.15) is 47.0 Å². The Morgan fingerprint density at radius 2 is 1.74 bits per heavy atom. The molecule has 1 heterocycles. The van der Waals surface area contributed by atoms with Crippen LogP contribution in [-0.4, -0.2) is 22.1 Å². The second-order valence-electron chi connectivity index (χ2n) is 6.84. The first kappa shape index (κ1) is 17.3. The summed E-state index contributed by atoms with van der Waals surface area (Å²) in [6.45, 7) is 9.48. The molecule has 0 atom stereocenters. The number of rotatable bonds is 7. The number of nitrogens with zero attached hydrogens (tertiary/aromatic N) is 2. The van der Waals surface area contributed by atoms with E-state index in [4.69, 9.17) is 0 Å². The maximum atomic E-state index is 4.67. The van der Waals surface area contributed by atoms with Crippen LogP contribution < -0.4 is 10.6 Å². The van der Waals surface area contributed by atoms with Crippen LogP contribution >= 0.6 is 0 Å². The Morgan fingerprint density at radius 3 is 2.39 bits per heavy atom. The van der Waals surface area contributed by atoms with Crippen LogP contribution in [0, 0.1) is 0 Å². The molecule has 0 fully saturated rings. The standard InChI is InChI=1S/C19H28N4/c1-5-6-10-13-20-17-14-16(15-11-8-7-9-12-15)21-18(22-17)23-19(2,3)4/h7-9,11-12,14H,5-6,10,13H2,1-4H3,(H2,20,21,22,23). The van der Waals surface area contributed by atoms with E-state index in [-0.39, 0.29) is 5.54 Å². The van der Waals surface area contributed by atoms with Gasteiger partial charge in [-0.2, -0.15) is 4.98 Å². The highest BCUT2D eigenvalue weighted by Gasteiger charge is 2.13. The molecule has 0 aliphatic rings. The van der Waals surface area contributed by atoms with Gasteiger partial charge in [0.05, 0.1) is 5.69 Å². The summed E-state index contributed by atoms with van der Waals surface area (Å²) in [5.41, 5.74) is 1.96. The monoisotopic (exact) mass is 312 g/mol. The van der Waals surface area contributed by atoms with Crippen LogP contribution in [0.25, 0.3) is 11.3 Å². The van der Waals surface area contributed by atoms with Crippen LogP contribution in [0.5, 0.6) is 0 Å². The van der Waals surface area contributed by atoms with Crippen molar-refractivity contribution >= 4 is 11.8 Å². The molecule has 0 aliphatic carbocycles. The predicted octanol–water partition coefficient (Wildman–Crippen LogP) is 4.96. The smallest absolute Gasteiger partial charge is 0.225 e. The predicted molar refractivity (Wildman–Crippen MR) is 98.9 cm³/mol. The Hall–Kier alpha value is -2.10. The van der Waals surface area contributed by atoms with Crippen LogP contribution in [0.3, 0.4) is 0 Å². The molecule has 4 nitrogen and oxygen atoms in total. The van der Waals surface area contributed by atoms with E-state index in [0.717, 1.165) is 30.0 Å². The largest absolute Gasteiger partial charge is 0.370 e. The van der Waals surface area contributed by atoms with Gasteiger partial charge in [0.25, 0.3) is 0 Å². The van der Waals surface area contributed by atoms with Crippen molar-refractivity contribution < 1.29 is 0 Å². The number of unbranched alkanes of at least 4 members (excludes halogenated alkanes) is 2. The molecular formula is C19H28N4. The summed E-state index contributed by atoms with van der Waals surface area (Å²) >= 11 is 0. The van der Waals surface area contributed by atoms with Crippen molar-refractivity contribution in [2.75, 3.05) is 17.2 Å². The van der Waals surface area contributed by atoms with E-state index in [0.29, 0.717) is 5.95 Å². The van der Waals surface area contributed by atoms with E-state index in [2.05, 4.69) is 60.4 Å². The van der Waals surface area contributed by atoms with Crippen molar-refractivity contribution in [2.45, 2.75) is 52.5 Å². The molecule has 0 saturated carbocycles. The normalized spacial score (nSPS) is 11.3. The minimum atomic E-state index is -0.0746. The molecule has 2 aromatic rings. The Balaban J connectivity index is 2.24. The lowest BCUT2D eigenvalue weighted by Crippen LogP contribution is -2.27. The van der Waals surface area contributed by atoms with Gasteiger partial charge in [-0.05, 0) is 27.2 Å². The van der Waals surface area contributed by atoms with Gasteiger partial charge < -0.3 is 10.6 Å². The number of anilines is 2. The third-order valence-electron chi connectivity index (χ3n) is 3.37. The second-order valence-corrected chi connectivity index (χ2v) is 6.84. The van der Waals surface area contributed by atoms with Gasteiger partial charge in [0.15, 0.2) is 0 Å². The Labute approximate surface area is 139 Å². The van der Waals surface area contributed by atoms with Gasteiger partial charge in [-0.1, -0.05) is 50.1 Å². The fourth-order valence-electron chi connectivity index (χ4n) is 2.28. The molecule has 0 aliphatic heterocycles. The Bertz CT molecular complexity index is 603. The van der Waals surface area contributed by atoms with Crippen molar-refractivity contribution in [2.24, 2.45) is 0 Å². The van der Waals surface area contributed by atoms with Gasteiger partial charge in [0.2, 0.25) is 5.95 Å². The van der Waals surface area contributed by atoms with E-state index < -0.39 is 0 Å². The molecule has 124 valence electrons. The molecular weight excluding hydrogens is 284 g/mol. The first-order valence-corrected chi connectivity index (χ1v) is 8.44. The topological polar surface area (TPSA) is 49.8 Å². The van der Waals surface area contributed by atoms with Gasteiger partial charge in [0.1, 0.15) is 5.82 Å². The minimum Gasteiger partial charge on any atom is -0.370 e. The zero-order valence-electron chi connectivity index (χ0n) is 14.7. The molecule has 0 saturated heterocycles. The summed E-state index contributed by atoms with van der Waals surface area (Å²) in [5, 5.41) is 6.80. The number of benzene rings is 1. The minimum absolute atomic E-state index is 0.0746. The quantitative estimate of drug-likeness (QED) is 0.710. The summed E-state index contributed by atoms with van der Waals surface area (Å²) in [6, 6.07) is 12.2. The number of hydrogen-bond donors (Lipinski definition) is 2. The van der Waals surface area contributed by atoms with E-state index >= 15 is 0 Å². The van der Waals surface area contributed by atoms with Crippen molar-refractivity contribution in [3.63, 3.8) is 0 Å². The van der Waals surface area contributed by atoms with Crippen molar-refractivity contribution in [3.05, 3.63) is 36.4 Å². The summed E-state index contributed by atoms with van der Waals surface area (Å²) < 4.78 is 0. The first-order valence-electron chi connectivity index (χ1n) is 8.44. The fourth-order valence-corrected chi connectivity index (χ4v) is 2.28. The van der Waals surface area contributed by atoms with Crippen LogP contribution in [-0.2, 0) is 0 Å². The van der Waals surface area contributed by atoms with E-state index in [9.17, 15) is 0 Å². The number of aromatic nitrogens is 2. The summed E-state index contributed by atoms with van der Waals surface area (Å²) in [5.74, 6) is 1.54. The maximum Gasteiger partial charge on any atom is 0.225 e. The molecule has 0 bridgehead atoms. The lowest BCUT2D eigenvalue weighted by molar-refractivity contribution is 0.626. The molecule has 23 heavy (non-hydrogen) atoms. The zero-order chi connectivity index (χ0) is 16.7. The molecule has 2 N–H and O–H groups in total. The van der Waals surface area contributed by atoms with Gasteiger partial charge in [0, 0.05) is 23.7 Å². The summed E-state index contributed by atoms with van der Waals surface area (Å²) in [6.07, 6.45) is 3.61. The fraction of sp³-hybridized carbons (Fsp3) is 0.474.